The van der Waals surface area contributed by atoms with Crippen LogP contribution in [0, 0.1) is 0 Å². The first-order valence-electron chi connectivity index (χ1n) is 8.08. The molecule has 0 bridgehead atoms. The molecule has 3 amide bonds. The predicted molar refractivity (Wildman–Crippen MR) is 88.0 cm³/mol. The molecule has 0 saturated heterocycles. The summed E-state index contributed by atoms with van der Waals surface area (Å²) in [6, 6.07) is 7.22. The maximum atomic E-state index is 12.1. The first-order valence-corrected chi connectivity index (χ1v) is 8.08. The maximum Gasteiger partial charge on any atom is 0.321 e. The van der Waals surface area contributed by atoms with Crippen LogP contribution in [0.4, 0.5) is 4.79 Å². The smallest absolute Gasteiger partial charge is 0.321 e. The minimum atomic E-state index is -0.392. The summed E-state index contributed by atoms with van der Waals surface area (Å²) >= 11 is 0. The Labute approximate surface area is 132 Å². The Bertz CT molecular complexity index is 523. The van der Waals surface area contributed by atoms with Gasteiger partial charge in [0.15, 0.2) is 0 Å². The summed E-state index contributed by atoms with van der Waals surface area (Å²) in [7, 11) is 0. The maximum absolute atomic E-state index is 12.1. The molecule has 0 aliphatic heterocycles. The van der Waals surface area contributed by atoms with Crippen LogP contribution in [0.5, 0.6) is 0 Å². The number of carbonyl (C=O) groups is 2. The number of urea groups is 1. The zero-order chi connectivity index (χ0) is 16.2. The molecule has 1 aromatic rings. The second-order valence-electron chi connectivity index (χ2n) is 7.09. The van der Waals surface area contributed by atoms with Gasteiger partial charge in [-0.25, -0.2) is 4.79 Å². The predicted octanol–water partition coefficient (Wildman–Crippen LogP) is 3.76. The SMILES string of the molecule is CC(C)(C)c1ccc(C(=O)NC(=O)NC2CCCCC2)cc1. The van der Waals surface area contributed by atoms with Gasteiger partial charge in [-0.05, 0) is 36.0 Å². The average molecular weight is 302 g/mol. The van der Waals surface area contributed by atoms with Gasteiger partial charge in [0.2, 0.25) is 0 Å². The fraction of sp³-hybridized carbons (Fsp3) is 0.556. The van der Waals surface area contributed by atoms with E-state index in [-0.39, 0.29) is 17.4 Å². The number of hydrogen-bond acceptors (Lipinski definition) is 2. The van der Waals surface area contributed by atoms with Gasteiger partial charge in [-0.2, -0.15) is 0 Å². The van der Waals surface area contributed by atoms with Crippen molar-refractivity contribution in [1.82, 2.24) is 10.6 Å². The molecule has 1 aromatic carbocycles. The molecule has 0 aromatic heterocycles. The van der Waals surface area contributed by atoms with E-state index in [1.165, 1.54) is 6.42 Å². The van der Waals surface area contributed by atoms with Gasteiger partial charge < -0.3 is 5.32 Å². The van der Waals surface area contributed by atoms with Crippen molar-refractivity contribution in [1.29, 1.82) is 0 Å². The van der Waals surface area contributed by atoms with Crippen LogP contribution in [0.3, 0.4) is 0 Å². The normalized spacial score (nSPS) is 16.1. The van der Waals surface area contributed by atoms with Gasteiger partial charge in [0.1, 0.15) is 0 Å². The van der Waals surface area contributed by atoms with Crippen LogP contribution >= 0.6 is 0 Å². The molecule has 2 N–H and O–H groups in total. The first-order chi connectivity index (χ1) is 10.4. The summed E-state index contributed by atoms with van der Waals surface area (Å²) < 4.78 is 0. The van der Waals surface area contributed by atoms with Gasteiger partial charge >= 0.3 is 6.03 Å². The summed E-state index contributed by atoms with van der Waals surface area (Å²) in [5.74, 6) is -0.353. The number of imide groups is 1. The van der Waals surface area contributed by atoms with Crippen LogP contribution < -0.4 is 10.6 Å². The fourth-order valence-corrected chi connectivity index (χ4v) is 2.77. The number of hydrogen-bond donors (Lipinski definition) is 2. The number of amides is 3. The summed E-state index contributed by atoms with van der Waals surface area (Å²) in [6.45, 7) is 6.37. The van der Waals surface area contributed by atoms with Crippen molar-refractivity contribution >= 4 is 11.9 Å². The Morgan fingerprint density at radius 1 is 1.00 bits per heavy atom. The Morgan fingerprint density at radius 3 is 2.14 bits per heavy atom. The summed E-state index contributed by atoms with van der Waals surface area (Å²) in [5, 5.41) is 5.30. The lowest BCUT2D eigenvalue weighted by Gasteiger charge is -2.22. The van der Waals surface area contributed by atoms with Crippen molar-refractivity contribution in [3.63, 3.8) is 0 Å². The fourth-order valence-electron chi connectivity index (χ4n) is 2.77. The van der Waals surface area contributed by atoms with E-state index < -0.39 is 6.03 Å². The zero-order valence-corrected chi connectivity index (χ0v) is 13.7. The van der Waals surface area contributed by atoms with Gasteiger partial charge in [-0.1, -0.05) is 52.2 Å². The molecule has 1 saturated carbocycles. The van der Waals surface area contributed by atoms with Crippen LogP contribution in [0.1, 0.15) is 68.8 Å². The standard InChI is InChI=1S/C18H26N2O2/c1-18(2,3)14-11-9-13(10-12-14)16(21)20-17(22)19-15-7-5-4-6-8-15/h9-12,15H,4-8H2,1-3H3,(H2,19,20,21,22). The number of carbonyl (C=O) groups excluding carboxylic acids is 2. The monoisotopic (exact) mass is 302 g/mol. The molecule has 1 aliphatic carbocycles. The average Bonchev–Trinajstić information content (AvgIpc) is 2.47. The van der Waals surface area contributed by atoms with E-state index in [0.29, 0.717) is 5.56 Å². The van der Waals surface area contributed by atoms with E-state index in [1.54, 1.807) is 12.1 Å². The third-order valence-corrected chi connectivity index (χ3v) is 4.18. The highest BCUT2D eigenvalue weighted by Gasteiger charge is 2.18. The highest BCUT2D eigenvalue weighted by Crippen LogP contribution is 2.22. The molecular formula is C18H26N2O2. The minimum Gasteiger partial charge on any atom is -0.335 e. The molecule has 4 heteroatoms. The Morgan fingerprint density at radius 2 is 1.59 bits per heavy atom. The molecule has 120 valence electrons. The second kappa shape index (κ2) is 6.95. The quantitative estimate of drug-likeness (QED) is 0.874. The molecule has 0 unspecified atom stereocenters. The van der Waals surface area contributed by atoms with Crippen LogP contribution in [-0.4, -0.2) is 18.0 Å². The third kappa shape index (κ3) is 4.58. The van der Waals surface area contributed by atoms with Crippen molar-refractivity contribution in [2.45, 2.75) is 64.3 Å². The van der Waals surface area contributed by atoms with E-state index in [2.05, 4.69) is 31.4 Å². The molecule has 0 radical (unpaired) electrons. The molecule has 2 rings (SSSR count). The largest absolute Gasteiger partial charge is 0.335 e. The second-order valence-corrected chi connectivity index (χ2v) is 7.09. The van der Waals surface area contributed by atoms with Crippen LogP contribution in [0.15, 0.2) is 24.3 Å². The van der Waals surface area contributed by atoms with Crippen molar-refractivity contribution < 1.29 is 9.59 Å². The zero-order valence-electron chi connectivity index (χ0n) is 13.7. The number of rotatable bonds is 2. The van der Waals surface area contributed by atoms with Crippen molar-refractivity contribution in [2.24, 2.45) is 0 Å². The molecule has 0 heterocycles. The molecule has 22 heavy (non-hydrogen) atoms. The van der Waals surface area contributed by atoms with E-state index in [0.717, 1.165) is 31.2 Å². The highest BCUT2D eigenvalue weighted by molar-refractivity contribution is 6.04. The van der Waals surface area contributed by atoms with E-state index in [9.17, 15) is 9.59 Å². The summed E-state index contributed by atoms with van der Waals surface area (Å²) in [4.78, 5) is 24.0. The molecule has 0 atom stereocenters. The van der Waals surface area contributed by atoms with Crippen molar-refractivity contribution in [2.75, 3.05) is 0 Å². The highest BCUT2D eigenvalue weighted by atomic mass is 16.2. The lowest BCUT2D eigenvalue weighted by molar-refractivity contribution is 0.0963. The molecule has 4 nitrogen and oxygen atoms in total. The van der Waals surface area contributed by atoms with Crippen molar-refractivity contribution in [3.8, 4) is 0 Å². The molecule has 0 spiro atoms. The first kappa shape index (κ1) is 16.5. The van der Waals surface area contributed by atoms with Gasteiger partial charge in [-0.3, -0.25) is 10.1 Å². The summed E-state index contributed by atoms with van der Waals surface area (Å²) in [6.07, 6.45) is 5.53. The van der Waals surface area contributed by atoms with Crippen LogP contribution in [-0.2, 0) is 5.41 Å². The molecule has 1 fully saturated rings. The number of benzene rings is 1. The van der Waals surface area contributed by atoms with Gasteiger partial charge in [0.05, 0.1) is 0 Å². The molecular weight excluding hydrogens is 276 g/mol. The summed E-state index contributed by atoms with van der Waals surface area (Å²) in [5.41, 5.74) is 1.72. The van der Waals surface area contributed by atoms with Crippen molar-refractivity contribution in [3.05, 3.63) is 35.4 Å². The van der Waals surface area contributed by atoms with Gasteiger partial charge in [0, 0.05) is 11.6 Å². The Hall–Kier alpha value is -1.84. The van der Waals surface area contributed by atoms with Gasteiger partial charge in [0.25, 0.3) is 5.91 Å². The van der Waals surface area contributed by atoms with E-state index >= 15 is 0 Å². The number of nitrogens with one attached hydrogen (secondary N) is 2. The van der Waals surface area contributed by atoms with Crippen LogP contribution in [0.2, 0.25) is 0 Å². The van der Waals surface area contributed by atoms with Gasteiger partial charge in [-0.15, -0.1) is 0 Å². The van der Waals surface area contributed by atoms with E-state index in [1.807, 2.05) is 12.1 Å². The minimum absolute atomic E-state index is 0.0490. The third-order valence-electron chi connectivity index (χ3n) is 4.18. The lowest BCUT2D eigenvalue weighted by atomic mass is 9.87. The Balaban J connectivity index is 1.89. The lowest BCUT2D eigenvalue weighted by Crippen LogP contribution is -2.45. The van der Waals surface area contributed by atoms with Crippen LogP contribution in [0.25, 0.3) is 0 Å². The Kier molecular flexibility index (Phi) is 5.22. The molecule has 1 aliphatic rings. The van der Waals surface area contributed by atoms with E-state index in [4.69, 9.17) is 0 Å². The topological polar surface area (TPSA) is 58.2 Å².